The van der Waals surface area contributed by atoms with E-state index < -0.39 is 30.3 Å². The maximum atomic E-state index is 9.35. The maximum Gasteiger partial charge on any atom is 0.113 e. The van der Waals surface area contributed by atoms with E-state index in [1.54, 1.807) is 0 Å². The van der Waals surface area contributed by atoms with E-state index in [-0.39, 0.29) is 12.7 Å². The molecule has 2 aliphatic rings. The van der Waals surface area contributed by atoms with Crippen LogP contribution in [0.3, 0.4) is 0 Å². The molecule has 0 unspecified atom stereocenters. The van der Waals surface area contributed by atoms with E-state index >= 15 is 0 Å². The summed E-state index contributed by atoms with van der Waals surface area (Å²) >= 11 is 0. The molecule has 5 heteroatoms. The van der Waals surface area contributed by atoms with Crippen molar-refractivity contribution in [3.05, 3.63) is 0 Å². The smallest absolute Gasteiger partial charge is 0.113 e. The predicted octanol–water partition coefficient (Wildman–Crippen LogP) is -2.54. The molecule has 0 spiro atoms. The third-order valence-electron chi connectivity index (χ3n) is 2.67. The lowest BCUT2D eigenvalue weighted by Crippen LogP contribution is -2.52. The van der Waals surface area contributed by atoms with Gasteiger partial charge in [0.15, 0.2) is 0 Å². The van der Waals surface area contributed by atoms with Crippen LogP contribution in [0, 0.1) is 5.92 Å². The van der Waals surface area contributed by atoms with Crippen LogP contribution in [0.1, 0.15) is 0 Å². The highest BCUT2D eigenvalue weighted by Crippen LogP contribution is 2.40. The molecule has 4 N–H and O–H groups in total. The van der Waals surface area contributed by atoms with E-state index in [1.807, 2.05) is 0 Å². The van der Waals surface area contributed by atoms with Crippen LogP contribution in [0.25, 0.3) is 0 Å². The first-order valence-corrected chi connectivity index (χ1v) is 3.97. The molecule has 1 saturated heterocycles. The van der Waals surface area contributed by atoms with E-state index in [0.29, 0.717) is 0 Å². The van der Waals surface area contributed by atoms with Gasteiger partial charge in [0.05, 0.1) is 18.8 Å². The first-order chi connectivity index (χ1) is 5.66. The highest BCUT2D eigenvalue weighted by atomic mass is 16.6. The highest BCUT2D eigenvalue weighted by Gasteiger charge is 2.59. The van der Waals surface area contributed by atoms with Crippen LogP contribution in [0.15, 0.2) is 0 Å². The van der Waals surface area contributed by atoms with Gasteiger partial charge in [0, 0.05) is 5.92 Å². The molecule has 0 radical (unpaired) electrons. The molecule has 70 valence electrons. The van der Waals surface area contributed by atoms with Gasteiger partial charge in [0.1, 0.15) is 18.3 Å². The van der Waals surface area contributed by atoms with E-state index in [4.69, 9.17) is 9.84 Å². The fraction of sp³-hybridized carbons (Fsp3) is 1.00. The van der Waals surface area contributed by atoms with Crippen molar-refractivity contribution >= 4 is 0 Å². The number of aliphatic hydroxyl groups excluding tert-OH is 4. The Balaban J connectivity index is 2.11. The topological polar surface area (TPSA) is 93.5 Å². The molecule has 6 atom stereocenters. The second kappa shape index (κ2) is 2.65. The Bertz CT molecular complexity index is 185. The number of epoxide rings is 1. The van der Waals surface area contributed by atoms with Crippen LogP contribution in [-0.4, -0.2) is 57.6 Å². The van der Waals surface area contributed by atoms with Gasteiger partial charge in [-0.3, -0.25) is 0 Å². The average molecular weight is 176 g/mol. The van der Waals surface area contributed by atoms with Crippen LogP contribution < -0.4 is 0 Å². The number of ether oxygens (including phenoxy) is 1. The quantitative estimate of drug-likeness (QED) is 0.330. The Kier molecular flexibility index (Phi) is 1.85. The van der Waals surface area contributed by atoms with Crippen LogP contribution in [0.5, 0.6) is 0 Å². The van der Waals surface area contributed by atoms with E-state index in [1.165, 1.54) is 0 Å². The zero-order chi connectivity index (χ0) is 8.88. The Hall–Kier alpha value is -0.200. The number of hydrogen-bond acceptors (Lipinski definition) is 5. The molecule has 0 aromatic heterocycles. The molecule has 2 rings (SSSR count). The van der Waals surface area contributed by atoms with Gasteiger partial charge in [-0.15, -0.1) is 0 Å². The van der Waals surface area contributed by atoms with Gasteiger partial charge < -0.3 is 25.2 Å². The van der Waals surface area contributed by atoms with E-state index in [9.17, 15) is 15.3 Å². The van der Waals surface area contributed by atoms with Crippen molar-refractivity contribution < 1.29 is 25.2 Å². The second-order valence-corrected chi connectivity index (χ2v) is 3.38. The fourth-order valence-corrected chi connectivity index (χ4v) is 1.81. The first-order valence-electron chi connectivity index (χ1n) is 3.97. The molecule has 0 aromatic rings. The molecule has 1 saturated carbocycles. The molecule has 5 nitrogen and oxygen atoms in total. The molecular weight excluding hydrogens is 164 g/mol. The lowest BCUT2D eigenvalue weighted by Gasteiger charge is -2.30. The molecule has 2 fully saturated rings. The summed E-state index contributed by atoms with van der Waals surface area (Å²) in [6.07, 6.45) is -4.00. The third kappa shape index (κ3) is 0.982. The lowest BCUT2D eigenvalue weighted by molar-refractivity contribution is -0.105. The van der Waals surface area contributed by atoms with Gasteiger partial charge in [0.2, 0.25) is 0 Å². The predicted molar refractivity (Wildman–Crippen MR) is 37.3 cm³/mol. The molecule has 12 heavy (non-hydrogen) atoms. The summed E-state index contributed by atoms with van der Waals surface area (Å²) in [7, 11) is 0. The van der Waals surface area contributed by atoms with Gasteiger partial charge in [-0.1, -0.05) is 0 Å². The van der Waals surface area contributed by atoms with Crippen LogP contribution in [0.4, 0.5) is 0 Å². The molecule has 1 aliphatic heterocycles. The summed E-state index contributed by atoms with van der Waals surface area (Å²) in [4.78, 5) is 0. The zero-order valence-electron chi connectivity index (χ0n) is 6.37. The highest BCUT2D eigenvalue weighted by molar-refractivity contribution is 5.07. The SMILES string of the molecule is OC[C@H]1[C@H](O)[C@H](O)[C@@H](O)[C@H]2O[C@@H]12. The van der Waals surface area contributed by atoms with Crippen molar-refractivity contribution in [1.82, 2.24) is 0 Å². The van der Waals surface area contributed by atoms with Crippen LogP contribution in [0.2, 0.25) is 0 Å². The van der Waals surface area contributed by atoms with Crippen molar-refractivity contribution in [2.45, 2.75) is 30.5 Å². The van der Waals surface area contributed by atoms with Crippen molar-refractivity contribution in [1.29, 1.82) is 0 Å². The molecular formula is C7H12O5. The summed E-state index contributed by atoms with van der Waals surface area (Å²) in [5, 5.41) is 36.7. The minimum absolute atomic E-state index is 0.230. The Morgan fingerprint density at radius 1 is 0.917 bits per heavy atom. The summed E-state index contributed by atoms with van der Waals surface area (Å²) in [6.45, 7) is -0.230. The first kappa shape index (κ1) is 8.40. The second-order valence-electron chi connectivity index (χ2n) is 3.38. The lowest BCUT2D eigenvalue weighted by atomic mass is 9.83. The summed E-state index contributed by atoms with van der Waals surface area (Å²) in [5.74, 6) is -0.464. The minimum atomic E-state index is -1.20. The minimum Gasteiger partial charge on any atom is -0.396 e. The Labute approximate surface area is 69.2 Å². The van der Waals surface area contributed by atoms with Gasteiger partial charge in [-0.2, -0.15) is 0 Å². The summed E-state index contributed by atoms with van der Waals surface area (Å²) in [6, 6.07) is 0. The molecule has 1 heterocycles. The van der Waals surface area contributed by atoms with Gasteiger partial charge in [0.25, 0.3) is 0 Å². The van der Waals surface area contributed by atoms with Gasteiger partial charge >= 0.3 is 0 Å². The van der Waals surface area contributed by atoms with Crippen molar-refractivity contribution in [2.75, 3.05) is 6.61 Å². The monoisotopic (exact) mass is 176 g/mol. The molecule has 0 amide bonds. The molecule has 0 bridgehead atoms. The Morgan fingerprint density at radius 3 is 2.17 bits per heavy atom. The summed E-state index contributed by atoms with van der Waals surface area (Å²) in [5.41, 5.74) is 0. The average Bonchev–Trinajstić information content (AvgIpc) is 2.81. The number of hydrogen-bond donors (Lipinski definition) is 4. The normalized spacial score (nSPS) is 58.0. The third-order valence-corrected chi connectivity index (χ3v) is 2.67. The van der Waals surface area contributed by atoms with Crippen LogP contribution >= 0.6 is 0 Å². The Morgan fingerprint density at radius 2 is 1.58 bits per heavy atom. The van der Waals surface area contributed by atoms with Gasteiger partial charge in [-0.25, -0.2) is 0 Å². The largest absolute Gasteiger partial charge is 0.396 e. The van der Waals surface area contributed by atoms with E-state index in [2.05, 4.69) is 0 Å². The van der Waals surface area contributed by atoms with Crippen molar-refractivity contribution in [2.24, 2.45) is 5.92 Å². The van der Waals surface area contributed by atoms with Crippen molar-refractivity contribution in [3.8, 4) is 0 Å². The summed E-state index contributed by atoms with van der Waals surface area (Å²) < 4.78 is 5.00. The molecule has 0 aromatic carbocycles. The number of rotatable bonds is 1. The molecule has 1 aliphatic carbocycles. The fourth-order valence-electron chi connectivity index (χ4n) is 1.81. The van der Waals surface area contributed by atoms with Crippen LogP contribution in [-0.2, 0) is 4.74 Å². The maximum absolute atomic E-state index is 9.35. The number of aliphatic hydroxyl groups is 4. The van der Waals surface area contributed by atoms with Gasteiger partial charge in [-0.05, 0) is 0 Å². The zero-order valence-corrected chi connectivity index (χ0v) is 6.37. The van der Waals surface area contributed by atoms with E-state index in [0.717, 1.165) is 0 Å². The van der Waals surface area contributed by atoms with Crippen molar-refractivity contribution in [3.63, 3.8) is 0 Å². The standard InChI is InChI=1S/C7H12O5/c8-1-2-3(9)4(10)5(11)7-6(2)12-7/h2-11H,1H2/t2-,3-,4-,5+,6-,7+/m0/s1. The number of fused-ring (bicyclic) bond motifs is 1.